The highest BCUT2D eigenvalue weighted by Gasteiger charge is 2.32. The number of ether oxygens (including phenoxy) is 2. The molecule has 0 saturated heterocycles. The fourth-order valence-electron chi connectivity index (χ4n) is 1.91. The van der Waals surface area contributed by atoms with Gasteiger partial charge in [-0.25, -0.2) is 0 Å². The smallest absolute Gasteiger partial charge is 0.272 e. The van der Waals surface area contributed by atoms with Crippen LogP contribution in [-0.2, 0) is 19.1 Å². The zero-order valence-corrected chi connectivity index (χ0v) is 11.7. The lowest BCUT2D eigenvalue weighted by Crippen LogP contribution is -2.16. The molecular formula is C14H11NO7. The number of ketones is 3. The largest absolute Gasteiger partial charge is 0.449 e. The third-order valence-corrected chi connectivity index (χ3v) is 3.00. The molecule has 1 aromatic carbocycles. The minimum atomic E-state index is -0.959. The number of nitrogens with zero attached hydrogens (tertiary/aromatic N) is 1. The second-order valence-electron chi connectivity index (χ2n) is 4.54. The van der Waals surface area contributed by atoms with Gasteiger partial charge in [-0.15, -0.1) is 0 Å². The molecule has 0 N–H and O–H groups in total. The highest BCUT2D eigenvalue weighted by Crippen LogP contribution is 2.25. The highest BCUT2D eigenvalue weighted by atomic mass is 16.7. The van der Waals surface area contributed by atoms with E-state index in [2.05, 4.69) is 0 Å². The number of hydrogen-bond acceptors (Lipinski definition) is 7. The molecule has 1 aliphatic rings. The van der Waals surface area contributed by atoms with E-state index in [1.54, 1.807) is 0 Å². The predicted octanol–water partition coefficient (Wildman–Crippen LogP) is 1.46. The molecule has 0 saturated carbocycles. The monoisotopic (exact) mass is 305 g/mol. The summed E-state index contributed by atoms with van der Waals surface area (Å²) >= 11 is 0. The Labute approximate surface area is 124 Å². The summed E-state index contributed by atoms with van der Waals surface area (Å²) in [6, 6.07) is 3.74. The molecule has 0 aromatic heterocycles. The van der Waals surface area contributed by atoms with Crippen LogP contribution in [0.1, 0.15) is 22.8 Å². The summed E-state index contributed by atoms with van der Waals surface area (Å²) in [7, 11) is 0. The van der Waals surface area contributed by atoms with Crippen LogP contribution in [0, 0.1) is 17.0 Å². The van der Waals surface area contributed by atoms with Gasteiger partial charge >= 0.3 is 0 Å². The molecule has 0 fully saturated rings. The third-order valence-electron chi connectivity index (χ3n) is 3.00. The van der Waals surface area contributed by atoms with Gasteiger partial charge in [0.05, 0.1) is 4.92 Å². The number of benzene rings is 1. The van der Waals surface area contributed by atoms with Gasteiger partial charge in [0, 0.05) is 24.1 Å². The molecule has 8 nitrogen and oxygen atoms in total. The number of carbonyl (C=O) groups is 3. The molecule has 0 spiro atoms. The van der Waals surface area contributed by atoms with E-state index in [1.807, 2.05) is 0 Å². The molecule has 1 aliphatic heterocycles. The van der Waals surface area contributed by atoms with Crippen LogP contribution in [0.3, 0.4) is 0 Å². The van der Waals surface area contributed by atoms with Gasteiger partial charge in [-0.2, -0.15) is 0 Å². The van der Waals surface area contributed by atoms with Gasteiger partial charge < -0.3 is 9.47 Å². The second-order valence-corrected chi connectivity index (χ2v) is 4.54. The van der Waals surface area contributed by atoms with Crippen LogP contribution in [0.4, 0.5) is 5.69 Å². The molecule has 0 amide bonds. The summed E-state index contributed by atoms with van der Waals surface area (Å²) in [5.74, 6) is -3.23. The van der Waals surface area contributed by atoms with Crippen molar-refractivity contribution in [2.75, 3.05) is 6.79 Å². The number of nitro groups is 1. The summed E-state index contributed by atoms with van der Waals surface area (Å²) in [6.07, 6.45) is 0. The Morgan fingerprint density at radius 3 is 2.36 bits per heavy atom. The topological polar surface area (TPSA) is 113 Å². The molecule has 0 atom stereocenters. The summed E-state index contributed by atoms with van der Waals surface area (Å²) in [5, 5.41) is 10.8. The van der Waals surface area contributed by atoms with Gasteiger partial charge in [0.2, 0.25) is 29.9 Å². The fraction of sp³-hybridized carbons (Fsp3) is 0.214. The Morgan fingerprint density at radius 1 is 1.18 bits per heavy atom. The molecule has 0 radical (unpaired) electrons. The molecule has 8 heteroatoms. The molecule has 0 aliphatic carbocycles. The maximum absolute atomic E-state index is 12.3. The summed E-state index contributed by atoms with van der Waals surface area (Å²) in [5.41, 5.74) is 0.251. The van der Waals surface area contributed by atoms with Crippen molar-refractivity contribution in [3.8, 4) is 0 Å². The molecule has 0 bridgehead atoms. The van der Waals surface area contributed by atoms with Crippen LogP contribution in [0.2, 0.25) is 0 Å². The average Bonchev–Trinajstić information content (AvgIpc) is 2.94. The van der Waals surface area contributed by atoms with Gasteiger partial charge in [-0.1, -0.05) is 0 Å². The Balaban J connectivity index is 2.41. The van der Waals surface area contributed by atoms with E-state index in [1.165, 1.54) is 25.1 Å². The lowest BCUT2D eigenvalue weighted by molar-refractivity contribution is -0.385. The van der Waals surface area contributed by atoms with Crippen LogP contribution in [0.15, 0.2) is 29.7 Å². The predicted molar refractivity (Wildman–Crippen MR) is 71.9 cm³/mol. The number of nitro benzene ring substituents is 1. The first-order valence-electron chi connectivity index (χ1n) is 6.17. The SMILES string of the molecule is CC(=O)C(=O)C1=C(C(=O)c2ccc([N+](=O)[O-])c(C)c2)OCO1. The Hall–Kier alpha value is -3.03. The minimum absolute atomic E-state index is 0.0949. The van der Waals surface area contributed by atoms with E-state index in [0.717, 1.165) is 6.92 Å². The van der Waals surface area contributed by atoms with E-state index >= 15 is 0 Å². The van der Waals surface area contributed by atoms with Gasteiger partial charge in [0.15, 0.2) is 0 Å². The lowest BCUT2D eigenvalue weighted by atomic mass is 10.0. The normalized spacial score (nSPS) is 13.4. The lowest BCUT2D eigenvalue weighted by Gasteiger charge is -2.04. The van der Waals surface area contributed by atoms with E-state index in [-0.39, 0.29) is 29.4 Å². The van der Waals surface area contributed by atoms with Crippen molar-refractivity contribution < 1.29 is 28.8 Å². The van der Waals surface area contributed by atoms with Crippen molar-refractivity contribution in [1.29, 1.82) is 0 Å². The van der Waals surface area contributed by atoms with E-state index < -0.39 is 28.0 Å². The first-order valence-corrected chi connectivity index (χ1v) is 6.17. The molecule has 2 rings (SSSR count). The van der Waals surface area contributed by atoms with Gasteiger partial charge in [0.25, 0.3) is 11.5 Å². The molecule has 114 valence electrons. The number of aryl methyl sites for hydroxylation is 1. The summed E-state index contributed by atoms with van der Waals surface area (Å²) in [4.78, 5) is 45.3. The van der Waals surface area contributed by atoms with Crippen LogP contribution in [0.5, 0.6) is 0 Å². The first kappa shape index (κ1) is 15.4. The number of carbonyl (C=O) groups excluding carboxylic acids is 3. The molecule has 22 heavy (non-hydrogen) atoms. The van der Waals surface area contributed by atoms with Crippen LogP contribution in [0.25, 0.3) is 0 Å². The number of hydrogen-bond donors (Lipinski definition) is 0. The van der Waals surface area contributed by atoms with Crippen LogP contribution >= 0.6 is 0 Å². The Kier molecular flexibility index (Phi) is 4.02. The summed E-state index contributed by atoms with van der Waals surface area (Å²) in [6.45, 7) is 2.19. The van der Waals surface area contributed by atoms with E-state index in [4.69, 9.17) is 9.47 Å². The van der Waals surface area contributed by atoms with E-state index in [9.17, 15) is 24.5 Å². The zero-order chi connectivity index (χ0) is 16.4. The number of rotatable bonds is 5. The van der Waals surface area contributed by atoms with Crippen molar-refractivity contribution in [3.05, 3.63) is 51.0 Å². The minimum Gasteiger partial charge on any atom is -0.449 e. The standard InChI is InChI=1S/C14H11NO7/c1-7-5-9(3-4-10(7)15(19)20)12(18)14-13(21-6-22-14)11(17)8(2)16/h3-5H,6H2,1-2H3. The van der Waals surface area contributed by atoms with Crippen molar-refractivity contribution in [2.45, 2.75) is 13.8 Å². The molecule has 1 aromatic rings. The molecular weight excluding hydrogens is 294 g/mol. The van der Waals surface area contributed by atoms with Crippen molar-refractivity contribution in [3.63, 3.8) is 0 Å². The second kappa shape index (κ2) is 5.76. The van der Waals surface area contributed by atoms with Crippen molar-refractivity contribution in [2.24, 2.45) is 0 Å². The third kappa shape index (κ3) is 2.71. The highest BCUT2D eigenvalue weighted by molar-refractivity contribution is 6.43. The van der Waals surface area contributed by atoms with Gasteiger partial charge in [-0.05, 0) is 19.1 Å². The Bertz CT molecular complexity index is 733. The number of allylic oxidation sites excluding steroid dienone is 2. The first-order chi connectivity index (χ1) is 10.3. The van der Waals surface area contributed by atoms with E-state index in [0.29, 0.717) is 0 Å². The summed E-state index contributed by atoms with van der Waals surface area (Å²) < 4.78 is 9.85. The Morgan fingerprint density at radius 2 is 1.82 bits per heavy atom. The molecule has 1 heterocycles. The van der Waals surface area contributed by atoms with Crippen molar-refractivity contribution >= 4 is 23.0 Å². The van der Waals surface area contributed by atoms with Crippen LogP contribution in [-0.4, -0.2) is 29.1 Å². The quantitative estimate of drug-likeness (QED) is 0.350. The average molecular weight is 305 g/mol. The maximum atomic E-state index is 12.3. The van der Waals surface area contributed by atoms with Gasteiger partial charge in [0.1, 0.15) is 0 Å². The zero-order valence-electron chi connectivity index (χ0n) is 11.7. The maximum Gasteiger partial charge on any atom is 0.272 e. The number of Topliss-reactive ketones (excluding diaryl/α,β-unsaturated/α-hetero) is 3. The fourth-order valence-corrected chi connectivity index (χ4v) is 1.91. The van der Waals surface area contributed by atoms with Gasteiger partial charge in [-0.3, -0.25) is 24.5 Å². The van der Waals surface area contributed by atoms with Crippen molar-refractivity contribution in [1.82, 2.24) is 0 Å². The van der Waals surface area contributed by atoms with Crippen LogP contribution < -0.4 is 0 Å². The molecule has 0 unspecified atom stereocenters.